The van der Waals surface area contributed by atoms with E-state index < -0.39 is 9.04 Å². The first-order valence-corrected chi connectivity index (χ1v) is 11.5. The van der Waals surface area contributed by atoms with Crippen LogP contribution >= 0.6 is 0 Å². The highest BCUT2D eigenvalue weighted by atomic mass is 28.3. The molecule has 0 N–H and O–H groups in total. The van der Waals surface area contributed by atoms with Crippen molar-refractivity contribution < 1.29 is 4.43 Å². The predicted octanol–water partition coefficient (Wildman–Crippen LogP) is 6.59. The quantitative estimate of drug-likeness (QED) is 0.245. The van der Waals surface area contributed by atoms with Gasteiger partial charge in [-0.25, -0.2) is 0 Å². The van der Waals surface area contributed by atoms with Crippen molar-refractivity contribution in [2.45, 2.75) is 104 Å². The lowest BCUT2D eigenvalue weighted by molar-refractivity contribution is 0.236. The molecule has 0 aliphatic heterocycles. The Morgan fingerprint density at radius 2 is 1.25 bits per heavy atom. The molecule has 121 valence electrons. The van der Waals surface area contributed by atoms with Crippen molar-refractivity contribution in [3.63, 3.8) is 0 Å². The fourth-order valence-electron chi connectivity index (χ4n) is 2.61. The molecule has 0 bridgehead atoms. The van der Waals surface area contributed by atoms with E-state index in [2.05, 4.69) is 26.9 Å². The highest BCUT2D eigenvalue weighted by molar-refractivity contribution is 6.48. The van der Waals surface area contributed by atoms with E-state index in [0.717, 1.165) is 12.5 Å². The summed E-state index contributed by atoms with van der Waals surface area (Å²) in [5, 5.41) is 0. The van der Waals surface area contributed by atoms with E-state index in [9.17, 15) is 0 Å². The lowest BCUT2D eigenvalue weighted by Crippen LogP contribution is -2.15. The average molecular weight is 300 g/mol. The van der Waals surface area contributed by atoms with Crippen LogP contribution in [-0.4, -0.2) is 15.6 Å². The van der Waals surface area contributed by atoms with Gasteiger partial charge in [0.2, 0.25) is 9.04 Å². The van der Waals surface area contributed by atoms with Gasteiger partial charge in [0.05, 0.1) is 0 Å². The van der Waals surface area contributed by atoms with Gasteiger partial charge in [0.25, 0.3) is 0 Å². The predicted molar refractivity (Wildman–Crippen MR) is 93.7 cm³/mol. The summed E-state index contributed by atoms with van der Waals surface area (Å²) in [6.07, 6.45) is 17.0. The summed E-state index contributed by atoms with van der Waals surface area (Å²) in [6.45, 7) is 10.1. The maximum Gasteiger partial charge on any atom is 0.204 e. The van der Waals surface area contributed by atoms with Gasteiger partial charge >= 0.3 is 0 Å². The monoisotopic (exact) mass is 299 g/mol. The van der Waals surface area contributed by atoms with E-state index in [1.807, 2.05) is 0 Å². The van der Waals surface area contributed by atoms with Gasteiger partial charge in [0, 0.05) is 6.61 Å². The molecule has 0 saturated carbocycles. The van der Waals surface area contributed by atoms with E-state index in [1.54, 1.807) is 0 Å². The van der Waals surface area contributed by atoms with Crippen LogP contribution in [-0.2, 0) is 4.43 Å². The maximum absolute atomic E-state index is 5.84. The second kappa shape index (κ2) is 15.6. The molecule has 0 aromatic carbocycles. The Morgan fingerprint density at radius 1 is 0.750 bits per heavy atom. The summed E-state index contributed by atoms with van der Waals surface area (Å²) in [5.41, 5.74) is 0. The second-order valence-corrected chi connectivity index (χ2v) is 8.57. The summed E-state index contributed by atoms with van der Waals surface area (Å²) < 4.78 is 5.84. The van der Waals surface area contributed by atoms with Gasteiger partial charge in [0.15, 0.2) is 0 Å². The fraction of sp³-hybridized carbons (Fsp3) is 1.00. The highest BCUT2D eigenvalue weighted by Crippen LogP contribution is 2.16. The third-order valence-corrected chi connectivity index (χ3v) is 4.90. The summed E-state index contributed by atoms with van der Waals surface area (Å²) in [7, 11) is -0.491. The van der Waals surface area contributed by atoms with Crippen LogP contribution in [0.3, 0.4) is 0 Å². The zero-order chi connectivity index (χ0) is 15.1. The van der Waals surface area contributed by atoms with Crippen LogP contribution in [0.25, 0.3) is 0 Å². The van der Waals surface area contributed by atoms with Gasteiger partial charge < -0.3 is 4.43 Å². The molecule has 20 heavy (non-hydrogen) atoms. The van der Waals surface area contributed by atoms with Crippen molar-refractivity contribution in [1.29, 1.82) is 0 Å². The second-order valence-electron chi connectivity index (χ2n) is 6.46. The lowest BCUT2D eigenvalue weighted by Gasteiger charge is -2.16. The molecule has 0 fully saturated rings. The molecule has 1 atom stereocenters. The summed E-state index contributed by atoms with van der Waals surface area (Å²) >= 11 is 0. The summed E-state index contributed by atoms with van der Waals surface area (Å²) in [5.74, 6) is 0.809. The molecule has 0 aliphatic rings. The van der Waals surface area contributed by atoms with Gasteiger partial charge in [-0.15, -0.1) is 0 Å². The van der Waals surface area contributed by atoms with Crippen LogP contribution < -0.4 is 0 Å². The molecule has 0 amide bonds. The fourth-order valence-corrected chi connectivity index (χ4v) is 3.18. The highest BCUT2D eigenvalue weighted by Gasteiger charge is 2.07. The number of unbranched alkanes of at least 4 members (excludes halogenated alkanes) is 9. The van der Waals surface area contributed by atoms with Gasteiger partial charge in [-0.2, -0.15) is 0 Å². The number of hydrogen-bond donors (Lipinski definition) is 0. The molecule has 0 saturated heterocycles. The third-order valence-electron chi connectivity index (χ3n) is 4.15. The molecule has 1 unspecified atom stereocenters. The van der Waals surface area contributed by atoms with Crippen LogP contribution in [0.5, 0.6) is 0 Å². The lowest BCUT2D eigenvalue weighted by atomic mass is 9.98. The number of hydrogen-bond acceptors (Lipinski definition) is 1. The first-order valence-electron chi connectivity index (χ1n) is 9.13. The zero-order valence-electron chi connectivity index (χ0n) is 14.7. The molecule has 0 rings (SSSR count). The minimum absolute atomic E-state index is 0.491. The molecular formula is C18H39OSi. The van der Waals surface area contributed by atoms with E-state index in [1.165, 1.54) is 77.0 Å². The van der Waals surface area contributed by atoms with Crippen LogP contribution in [0.1, 0.15) is 90.9 Å². The minimum Gasteiger partial charge on any atom is -0.417 e. The SMILES string of the molecule is CCCCCCCCCCCCC(CC)CO[Si](C)C. The van der Waals surface area contributed by atoms with E-state index in [-0.39, 0.29) is 0 Å². The summed E-state index contributed by atoms with van der Waals surface area (Å²) in [4.78, 5) is 0. The standard InChI is InChI=1S/C18H39OSi/c1-5-7-8-9-10-11-12-13-14-15-16-18(6-2)17-19-20(3)4/h18H,5-17H2,1-4H3. The molecule has 2 heteroatoms. The zero-order valence-corrected chi connectivity index (χ0v) is 15.7. The van der Waals surface area contributed by atoms with Gasteiger partial charge in [-0.3, -0.25) is 0 Å². The Hall–Kier alpha value is 0.177. The Bertz CT molecular complexity index is 182. The van der Waals surface area contributed by atoms with Crippen molar-refractivity contribution in [3.05, 3.63) is 0 Å². The molecule has 0 aliphatic carbocycles. The molecule has 0 heterocycles. The Morgan fingerprint density at radius 3 is 1.70 bits per heavy atom. The average Bonchev–Trinajstić information content (AvgIpc) is 2.44. The van der Waals surface area contributed by atoms with Crippen molar-refractivity contribution in [2.24, 2.45) is 5.92 Å². The van der Waals surface area contributed by atoms with Crippen LogP contribution in [0, 0.1) is 5.92 Å². The van der Waals surface area contributed by atoms with Crippen LogP contribution in [0.2, 0.25) is 13.1 Å². The third kappa shape index (κ3) is 14.6. The van der Waals surface area contributed by atoms with Crippen molar-refractivity contribution in [2.75, 3.05) is 6.61 Å². The maximum atomic E-state index is 5.84. The number of rotatable bonds is 15. The molecule has 0 spiro atoms. The first kappa shape index (κ1) is 20.2. The van der Waals surface area contributed by atoms with Crippen LogP contribution in [0.4, 0.5) is 0 Å². The molecule has 1 radical (unpaired) electrons. The Kier molecular flexibility index (Phi) is 15.7. The smallest absolute Gasteiger partial charge is 0.204 e. The van der Waals surface area contributed by atoms with E-state index >= 15 is 0 Å². The topological polar surface area (TPSA) is 9.23 Å². The van der Waals surface area contributed by atoms with E-state index in [4.69, 9.17) is 4.43 Å². The van der Waals surface area contributed by atoms with Gasteiger partial charge in [0.1, 0.15) is 0 Å². The van der Waals surface area contributed by atoms with Crippen molar-refractivity contribution in [1.82, 2.24) is 0 Å². The first-order chi connectivity index (χ1) is 9.70. The molecule has 0 aromatic rings. The molecule has 0 aromatic heterocycles. The van der Waals surface area contributed by atoms with Crippen LogP contribution in [0.15, 0.2) is 0 Å². The normalized spacial score (nSPS) is 13.1. The molecular weight excluding hydrogens is 260 g/mol. The molecule has 1 nitrogen and oxygen atoms in total. The van der Waals surface area contributed by atoms with Crippen molar-refractivity contribution >= 4 is 9.04 Å². The Labute approximate surface area is 130 Å². The minimum atomic E-state index is -0.491. The van der Waals surface area contributed by atoms with Crippen molar-refractivity contribution in [3.8, 4) is 0 Å². The largest absolute Gasteiger partial charge is 0.417 e. The Balaban J connectivity index is 3.24. The van der Waals surface area contributed by atoms with E-state index in [0.29, 0.717) is 0 Å². The van der Waals surface area contributed by atoms with Gasteiger partial charge in [-0.1, -0.05) is 84.5 Å². The van der Waals surface area contributed by atoms with Gasteiger partial charge in [-0.05, 0) is 25.4 Å². The summed E-state index contributed by atoms with van der Waals surface area (Å²) in [6, 6.07) is 0.